The van der Waals surface area contributed by atoms with Gasteiger partial charge in [-0.15, -0.1) is 0 Å². The summed E-state index contributed by atoms with van der Waals surface area (Å²) in [5.74, 6) is -2.27. The van der Waals surface area contributed by atoms with Crippen LogP contribution < -0.4 is 19.9 Å². The van der Waals surface area contributed by atoms with Gasteiger partial charge in [-0.05, 0) is 42.2 Å². The summed E-state index contributed by atoms with van der Waals surface area (Å²) in [6, 6.07) is 10.6. The molecule has 0 aliphatic rings. The number of phosphoric acid groups is 1. The summed E-state index contributed by atoms with van der Waals surface area (Å²) in [6.07, 6.45) is -0.101. The van der Waals surface area contributed by atoms with Gasteiger partial charge in [0.15, 0.2) is 0 Å². The van der Waals surface area contributed by atoms with Crippen molar-refractivity contribution in [3.8, 4) is 11.5 Å². The number of carboxylic acid groups (broad SMARTS) is 1. The van der Waals surface area contributed by atoms with Crippen LogP contribution >= 0.6 is 7.82 Å². The van der Waals surface area contributed by atoms with Gasteiger partial charge < -0.3 is 29.9 Å². The average Bonchev–Trinajstić information content (AvgIpc) is 2.88. The molecule has 2 atom stereocenters. The third kappa shape index (κ3) is 11.0. The number of carbonyl (C=O) groups excluding carboxylic acids is 3. The molecule has 2 rings (SSSR count). The Balaban J connectivity index is 2.15. The topological polar surface area (TPSA) is 192 Å². The Bertz CT molecular complexity index is 1230. The van der Waals surface area contributed by atoms with E-state index in [9.17, 15) is 28.8 Å². The standard InChI is InChI=1S/C26H34N3O10P/c1-17(30)27-22(16-18-8-10-20(11-9-18)39-40(35,36)37)25(33)28-21(12-13-24(31)32)26(34)29(2)15-14-19-6-4-5-7-23(19)38-3/h4-11,21-22H,12-16H2,1-3H3,(H,27,30)(H,28,33)(H,31,32)(H2,35,36,37). The number of hydrogen-bond donors (Lipinski definition) is 5. The van der Waals surface area contributed by atoms with E-state index in [-0.39, 0.29) is 31.6 Å². The van der Waals surface area contributed by atoms with E-state index in [2.05, 4.69) is 15.2 Å². The van der Waals surface area contributed by atoms with Crippen LogP contribution in [0.2, 0.25) is 0 Å². The molecule has 0 aromatic heterocycles. The second kappa shape index (κ2) is 15.0. The Kier molecular flexibility index (Phi) is 12.1. The first-order valence-electron chi connectivity index (χ1n) is 12.3. The van der Waals surface area contributed by atoms with Gasteiger partial charge in [-0.25, -0.2) is 4.57 Å². The summed E-state index contributed by atoms with van der Waals surface area (Å²) in [7, 11) is -1.66. The molecule has 0 saturated heterocycles. The molecule has 0 radical (unpaired) electrons. The van der Waals surface area contributed by atoms with Crippen LogP contribution in [0, 0.1) is 0 Å². The molecule has 2 aromatic carbocycles. The lowest BCUT2D eigenvalue weighted by atomic mass is 10.0. The highest BCUT2D eigenvalue weighted by Crippen LogP contribution is 2.37. The van der Waals surface area contributed by atoms with Gasteiger partial charge in [0.25, 0.3) is 0 Å². The van der Waals surface area contributed by atoms with Crippen molar-refractivity contribution < 1.29 is 47.9 Å². The maximum absolute atomic E-state index is 13.2. The fourth-order valence-electron chi connectivity index (χ4n) is 3.89. The highest BCUT2D eigenvalue weighted by molar-refractivity contribution is 7.46. The van der Waals surface area contributed by atoms with E-state index in [0.29, 0.717) is 17.7 Å². The smallest absolute Gasteiger partial charge is 0.496 e. The Morgan fingerprint density at radius 3 is 2.23 bits per heavy atom. The molecular formula is C26H34N3O10P. The average molecular weight is 580 g/mol. The van der Waals surface area contributed by atoms with Crippen LogP contribution in [0.4, 0.5) is 0 Å². The van der Waals surface area contributed by atoms with Crippen molar-refractivity contribution in [1.29, 1.82) is 0 Å². The highest BCUT2D eigenvalue weighted by Gasteiger charge is 2.29. The van der Waals surface area contributed by atoms with E-state index in [1.165, 1.54) is 36.1 Å². The number of rotatable bonds is 15. The lowest BCUT2D eigenvalue weighted by Gasteiger charge is -2.26. The number of hydrogen-bond acceptors (Lipinski definition) is 7. The Labute approximate surface area is 231 Å². The first-order valence-corrected chi connectivity index (χ1v) is 13.8. The predicted octanol–water partition coefficient (Wildman–Crippen LogP) is 1.26. The molecule has 0 spiro atoms. The van der Waals surface area contributed by atoms with Crippen LogP contribution in [0.3, 0.4) is 0 Å². The number of phosphoric ester groups is 1. The van der Waals surface area contributed by atoms with Crippen molar-refractivity contribution in [2.24, 2.45) is 0 Å². The van der Waals surface area contributed by atoms with E-state index < -0.39 is 43.6 Å². The number of methoxy groups -OCH3 is 1. The zero-order valence-corrected chi connectivity index (χ0v) is 23.3. The first-order chi connectivity index (χ1) is 18.8. The van der Waals surface area contributed by atoms with Gasteiger partial charge in [0, 0.05) is 33.4 Å². The van der Waals surface area contributed by atoms with Crippen LogP contribution in [0.5, 0.6) is 11.5 Å². The molecular weight excluding hydrogens is 545 g/mol. The van der Waals surface area contributed by atoms with Crippen LogP contribution in [0.1, 0.15) is 30.9 Å². The lowest BCUT2D eigenvalue weighted by Crippen LogP contribution is -2.54. The summed E-state index contributed by atoms with van der Waals surface area (Å²) < 4.78 is 20.9. The van der Waals surface area contributed by atoms with Gasteiger partial charge in [-0.1, -0.05) is 30.3 Å². The normalized spacial score (nSPS) is 12.5. The SMILES string of the molecule is COc1ccccc1CCN(C)C(=O)C(CCC(=O)O)NC(=O)C(Cc1ccc(OP(=O)(O)O)cc1)NC(C)=O. The minimum atomic E-state index is -4.74. The maximum atomic E-state index is 13.2. The fourth-order valence-corrected chi connectivity index (χ4v) is 4.28. The quantitative estimate of drug-likeness (QED) is 0.192. The van der Waals surface area contributed by atoms with Crippen LogP contribution in [0.15, 0.2) is 48.5 Å². The Hall–Kier alpha value is -3.93. The second-order valence-corrected chi connectivity index (χ2v) is 10.2. The van der Waals surface area contributed by atoms with E-state index in [0.717, 1.165) is 5.56 Å². The third-order valence-corrected chi connectivity index (χ3v) is 6.28. The van der Waals surface area contributed by atoms with Crippen molar-refractivity contribution in [1.82, 2.24) is 15.5 Å². The number of nitrogens with one attached hydrogen (secondary N) is 2. The van der Waals surface area contributed by atoms with Crippen LogP contribution in [-0.2, 0) is 36.6 Å². The molecule has 14 heteroatoms. The summed E-state index contributed by atoms with van der Waals surface area (Å²) >= 11 is 0. The first kappa shape index (κ1) is 32.3. The molecule has 218 valence electrons. The van der Waals surface area contributed by atoms with Gasteiger partial charge >= 0.3 is 13.8 Å². The summed E-state index contributed by atoms with van der Waals surface area (Å²) in [5, 5.41) is 14.3. The fraction of sp³-hybridized carbons (Fsp3) is 0.385. The molecule has 40 heavy (non-hydrogen) atoms. The maximum Gasteiger partial charge on any atom is 0.524 e. The van der Waals surface area contributed by atoms with Crippen molar-refractivity contribution in [2.45, 2.75) is 44.7 Å². The molecule has 0 aliphatic heterocycles. The summed E-state index contributed by atoms with van der Waals surface area (Å²) in [4.78, 5) is 68.7. The molecule has 0 saturated carbocycles. The lowest BCUT2D eigenvalue weighted by molar-refractivity contribution is -0.139. The number of para-hydroxylation sites is 1. The van der Waals surface area contributed by atoms with Gasteiger partial charge in [0.05, 0.1) is 7.11 Å². The highest BCUT2D eigenvalue weighted by atomic mass is 31.2. The van der Waals surface area contributed by atoms with Crippen LogP contribution in [0.25, 0.3) is 0 Å². The summed E-state index contributed by atoms with van der Waals surface area (Å²) in [5.41, 5.74) is 1.40. The van der Waals surface area contributed by atoms with Gasteiger partial charge in [0.2, 0.25) is 17.7 Å². The van der Waals surface area contributed by atoms with E-state index in [4.69, 9.17) is 14.5 Å². The number of carbonyl (C=O) groups is 4. The van der Waals surface area contributed by atoms with Crippen molar-refractivity contribution in [3.05, 3.63) is 59.7 Å². The Morgan fingerprint density at radius 1 is 1.00 bits per heavy atom. The predicted molar refractivity (Wildman–Crippen MR) is 144 cm³/mol. The van der Waals surface area contributed by atoms with Crippen molar-refractivity contribution in [2.75, 3.05) is 20.7 Å². The molecule has 2 unspecified atom stereocenters. The molecule has 5 N–H and O–H groups in total. The van der Waals surface area contributed by atoms with E-state index in [1.807, 2.05) is 18.2 Å². The molecule has 0 aliphatic carbocycles. The van der Waals surface area contributed by atoms with Gasteiger partial charge in [-0.2, -0.15) is 0 Å². The third-order valence-electron chi connectivity index (χ3n) is 5.83. The van der Waals surface area contributed by atoms with E-state index in [1.54, 1.807) is 20.2 Å². The van der Waals surface area contributed by atoms with E-state index >= 15 is 0 Å². The number of amides is 3. The molecule has 3 amide bonds. The number of likely N-dealkylation sites (N-methyl/N-ethyl adjacent to an activating group) is 1. The zero-order chi connectivity index (χ0) is 29.9. The van der Waals surface area contributed by atoms with Crippen LogP contribution in [-0.4, -0.2) is 76.3 Å². The largest absolute Gasteiger partial charge is 0.524 e. The molecule has 0 bridgehead atoms. The number of carboxylic acids is 1. The minimum absolute atomic E-state index is 0.0227. The number of nitrogens with zero attached hydrogens (tertiary/aromatic N) is 1. The van der Waals surface area contributed by atoms with Gasteiger partial charge in [-0.3, -0.25) is 29.0 Å². The zero-order valence-electron chi connectivity index (χ0n) is 22.4. The summed E-state index contributed by atoms with van der Waals surface area (Å²) in [6.45, 7) is 1.49. The minimum Gasteiger partial charge on any atom is -0.496 e. The monoisotopic (exact) mass is 579 g/mol. The molecule has 0 heterocycles. The Morgan fingerprint density at radius 2 is 1.65 bits per heavy atom. The second-order valence-electron chi connectivity index (χ2n) is 9.00. The number of ether oxygens (including phenoxy) is 1. The van der Waals surface area contributed by atoms with Crippen molar-refractivity contribution in [3.63, 3.8) is 0 Å². The number of benzene rings is 2. The van der Waals surface area contributed by atoms with Gasteiger partial charge in [0.1, 0.15) is 23.6 Å². The molecule has 13 nitrogen and oxygen atoms in total. The molecule has 2 aromatic rings. The van der Waals surface area contributed by atoms with Crippen molar-refractivity contribution >= 4 is 31.5 Å². The molecule has 0 fully saturated rings. The number of aliphatic carboxylic acids is 1.